The number of aromatic amines is 1. The van der Waals surface area contributed by atoms with Crippen LogP contribution in [0.1, 0.15) is 39.4 Å². The molecule has 5 heterocycles. The number of pyridine rings is 1. The van der Waals surface area contributed by atoms with Crippen molar-refractivity contribution in [1.29, 1.82) is 0 Å². The second-order valence-corrected chi connectivity index (χ2v) is 8.04. The molecule has 12 heteroatoms. The van der Waals surface area contributed by atoms with Crippen LogP contribution in [0.4, 0.5) is 13.2 Å². The molecule has 6 rings (SSSR count). The van der Waals surface area contributed by atoms with E-state index in [1.165, 1.54) is 12.1 Å². The minimum atomic E-state index is -4.46. The third kappa shape index (κ3) is 3.63. The van der Waals surface area contributed by atoms with Gasteiger partial charge in [-0.15, -0.1) is 10.2 Å². The summed E-state index contributed by atoms with van der Waals surface area (Å²) in [6.45, 7) is 0.352. The lowest BCUT2D eigenvalue weighted by atomic mass is 9.99. The molecule has 1 atom stereocenters. The standard InChI is InChI=1S/C23H16F3N7O2/c24-23(25,26)14-6-4-13(5-7-14)20-29-30-21(35-20)22(34)32-10-8-16-18(28-12-27-16)19(32)17-11-15-3-1-2-9-33(15)31-17/h1-7,9,11-12,19H,8,10H2,(H,27,28). The monoisotopic (exact) mass is 479 g/mol. The fraction of sp³-hybridized carbons (Fsp3) is 0.174. The van der Waals surface area contributed by atoms with Gasteiger partial charge in [0.1, 0.15) is 6.04 Å². The molecule has 1 aliphatic heterocycles. The maximum absolute atomic E-state index is 13.5. The van der Waals surface area contributed by atoms with Crippen molar-refractivity contribution in [2.24, 2.45) is 0 Å². The molecule has 0 bridgehead atoms. The SMILES string of the molecule is O=C(c1nnc(-c2ccc(C(F)(F)F)cc2)o1)N1CCc2[nH]cnc2C1c1cc2ccccn2n1. The molecular formula is C23H16F3N7O2. The third-order valence-corrected chi connectivity index (χ3v) is 5.92. The fourth-order valence-electron chi connectivity index (χ4n) is 4.24. The first-order valence-corrected chi connectivity index (χ1v) is 10.7. The Labute approximate surface area is 195 Å². The van der Waals surface area contributed by atoms with Crippen molar-refractivity contribution in [3.63, 3.8) is 0 Å². The van der Waals surface area contributed by atoms with Crippen LogP contribution in [0.15, 0.2) is 65.5 Å². The van der Waals surface area contributed by atoms with E-state index in [9.17, 15) is 18.0 Å². The minimum absolute atomic E-state index is 0.0520. The van der Waals surface area contributed by atoms with Gasteiger partial charge in [-0.1, -0.05) is 6.07 Å². The number of carbonyl (C=O) groups is 1. The smallest absolute Gasteiger partial charge is 0.412 e. The van der Waals surface area contributed by atoms with Crippen LogP contribution < -0.4 is 0 Å². The van der Waals surface area contributed by atoms with E-state index in [1.54, 1.807) is 15.7 Å². The van der Waals surface area contributed by atoms with Gasteiger partial charge in [-0.2, -0.15) is 18.3 Å². The molecule has 0 spiro atoms. The van der Waals surface area contributed by atoms with Crippen molar-refractivity contribution in [2.45, 2.75) is 18.6 Å². The Morgan fingerprint density at radius 1 is 1.11 bits per heavy atom. The number of fused-ring (bicyclic) bond motifs is 2. The molecule has 0 saturated heterocycles. The number of hydrogen-bond acceptors (Lipinski definition) is 6. The number of alkyl halides is 3. The zero-order chi connectivity index (χ0) is 24.2. The predicted octanol–water partition coefficient (Wildman–Crippen LogP) is 3.91. The Morgan fingerprint density at radius 3 is 2.71 bits per heavy atom. The number of hydrogen-bond donors (Lipinski definition) is 1. The second-order valence-electron chi connectivity index (χ2n) is 8.04. The van der Waals surface area contributed by atoms with E-state index in [-0.39, 0.29) is 17.3 Å². The first kappa shape index (κ1) is 21.1. The number of carbonyl (C=O) groups excluding carboxylic acids is 1. The van der Waals surface area contributed by atoms with Gasteiger partial charge >= 0.3 is 18.0 Å². The summed E-state index contributed by atoms with van der Waals surface area (Å²) < 4.78 is 45.8. The first-order valence-electron chi connectivity index (χ1n) is 10.7. The average molecular weight is 479 g/mol. The van der Waals surface area contributed by atoms with Gasteiger partial charge in [0.2, 0.25) is 5.89 Å². The molecule has 1 N–H and O–H groups in total. The molecular weight excluding hydrogens is 463 g/mol. The van der Waals surface area contributed by atoms with E-state index in [0.29, 0.717) is 24.4 Å². The van der Waals surface area contributed by atoms with E-state index in [2.05, 4.69) is 25.3 Å². The van der Waals surface area contributed by atoms with Gasteiger partial charge in [0, 0.05) is 30.4 Å². The highest BCUT2D eigenvalue weighted by Gasteiger charge is 2.38. The maximum atomic E-state index is 13.5. The van der Waals surface area contributed by atoms with Crippen molar-refractivity contribution in [2.75, 3.05) is 6.54 Å². The third-order valence-electron chi connectivity index (χ3n) is 5.92. The number of aromatic nitrogens is 6. The number of amides is 1. The molecule has 5 aromatic rings. The molecule has 0 saturated carbocycles. The van der Waals surface area contributed by atoms with E-state index in [4.69, 9.17) is 4.42 Å². The summed E-state index contributed by atoms with van der Waals surface area (Å²) in [6, 6.07) is 11.2. The summed E-state index contributed by atoms with van der Waals surface area (Å²) in [5, 5.41) is 12.4. The van der Waals surface area contributed by atoms with Crippen molar-refractivity contribution in [3.8, 4) is 11.5 Å². The number of halogens is 3. The number of benzene rings is 1. The molecule has 1 amide bonds. The van der Waals surface area contributed by atoms with Crippen LogP contribution in [0, 0.1) is 0 Å². The summed E-state index contributed by atoms with van der Waals surface area (Å²) in [6.07, 6.45) is -0.518. The summed E-state index contributed by atoms with van der Waals surface area (Å²) in [4.78, 5) is 22.6. The van der Waals surface area contributed by atoms with Crippen LogP contribution in [0.2, 0.25) is 0 Å². The van der Waals surface area contributed by atoms with Crippen LogP contribution in [-0.4, -0.2) is 47.1 Å². The van der Waals surface area contributed by atoms with Gasteiger partial charge in [0.05, 0.1) is 28.8 Å². The Kier molecular flexibility index (Phi) is 4.69. The van der Waals surface area contributed by atoms with Crippen molar-refractivity contribution < 1.29 is 22.4 Å². The van der Waals surface area contributed by atoms with E-state index in [1.807, 2.05) is 30.5 Å². The van der Waals surface area contributed by atoms with Crippen LogP contribution in [0.25, 0.3) is 17.0 Å². The lowest BCUT2D eigenvalue weighted by Gasteiger charge is -2.32. The molecule has 1 unspecified atom stereocenters. The molecule has 9 nitrogen and oxygen atoms in total. The van der Waals surface area contributed by atoms with E-state index >= 15 is 0 Å². The Morgan fingerprint density at radius 2 is 1.94 bits per heavy atom. The van der Waals surface area contributed by atoms with E-state index in [0.717, 1.165) is 23.3 Å². The van der Waals surface area contributed by atoms with Gasteiger partial charge in [-0.3, -0.25) is 4.79 Å². The molecule has 0 radical (unpaired) electrons. The highest BCUT2D eigenvalue weighted by Crippen LogP contribution is 2.35. The van der Waals surface area contributed by atoms with Gasteiger partial charge in [-0.25, -0.2) is 9.50 Å². The number of nitrogens with one attached hydrogen (secondary N) is 1. The molecule has 0 fully saturated rings. The first-order chi connectivity index (χ1) is 16.9. The van der Waals surface area contributed by atoms with Crippen LogP contribution in [0.3, 0.4) is 0 Å². The molecule has 1 aliphatic rings. The zero-order valence-electron chi connectivity index (χ0n) is 17.9. The Balaban J connectivity index is 1.34. The van der Waals surface area contributed by atoms with Gasteiger partial charge in [0.15, 0.2) is 0 Å². The number of imidazole rings is 1. The van der Waals surface area contributed by atoms with E-state index < -0.39 is 23.7 Å². The van der Waals surface area contributed by atoms with Crippen molar-refractivity contribution in [3.05, 3.63) is 89.6 Å². The van der Waals surface area contributed by atoms with Gasteiger partial charge in [-0.05, 0) is 42.5 Å². The highest BCUT2D eigenvalue weighted by atomic mass is 19.4. The summed E-state index contributed by atoms with van der Waals surface area (Å²) >= 11 is 0. The number of nitrogens with zero attached hydrogens (tertiary/aromatic N) is 6. The lowest BCUT2D eigenvalue weighted by Crippen LogP contribution is -2.41. The molecule has 1 aromatic carbocycles. The molecule has 4 aromatic heterocycles. The molecule has 176 valence electrons. The van der Waals surface area contributed by atoms with Crippen LogP contribution in [0.5, 0.6) is 0 Å². The number of H-pyrrole nitrogens is 1. The average Bonchev–Trinajstić information content (AvgIpc) is 3.61. The van der Waals surface area contributed by atoms with Crippen LogP contribution >= 0.6 is 0 Å². The quantitative estimate of drug-likeness (QED) is 0.421. The van der Waals surface area contributed by atoms with Crippen molar-refractivity contribution in [1.82, 2.24) is 34.7 Å². The Hall–Kier alpha value is -4.48. The lowest BCUT2D eigenvalue weighted by molar-refractivity contribution is -0.137. The molecule has 35 heavy (non-hydrogen) atoms. The number of rotatable bonds is 3. The maximum Gasteiger partial charge on any atom is 0.416 e. The summed E-state index contributed by atoms with van der Waals surface area (Å²) in [7, 11) is 0. The van der Waals surface area contributed by atoms with Gasteiger partial charge < -0.3 is 14.3 Å². The topological polar surface area (TPSA) is 105 Å². The zero-order valence-corrected chi connectivity index (χ0v) is 17.9. The van der Waals surface area contributed by atoms with Gasteiger partial charge in [0.25, 0.3) is 0 Å². The largest absolute Gasteiger partial charge is 0.416 e. The normalized spacial score (nSPS) is 16.0. The van der Waals surface area contributed by atoms with Crippen LogP contribution in [-0.2, 0) is 12.6 Å². The second kappa shape index (κ2) is 7.79. The van der Waals surface area contributed by atoms with Crippen molar-refractivity contribution >= 4 is 11.4 Å². The fourth-order valence-corrected chi connectivity index (χ4v) is 4.24. The summed E-state index contributed by atoms with van der Waals surface area (Å²) in [5.41, 5.74) is 2.55. The molecule has 0 aliphatic carbocycles. The minimum Gasteiger partial charge on any atom is -0.412 e. The summed E-state index contributed by atoms with van der Waals surface area (Å²) in [5.74, 6) is -0.845. The Bertz CT molecular complexity index is 1500. The highest BCUT2D eigenvalue weighted by molar-refractivity contribution is 5.90. The predicted molar refractivity (Wildman–Crippen MR) is 115 cm³/mol.